The van der Waals surface area contributed by atoms with Gasteiger partial charge in [0.15, 0.2) is 6.10 Å². The molecule has 0 aromatic heterocycles. The Hall–Kier alpha value is -2.80. The summed E-state index contributed by atoms with van der Waals surface area (Å²) in [5.41, 5.74) is 0.828. The Morgan fingerprint density at radius 3 is 2.30 bits per heavy atom. The first kappa shape index (κ1) is 26.5. The summed E-state index contributed by atoms with van der Waals surface area (Å²) < 4.78 is 57.5. The smallest absolute Gasteiger partial charge is 0.338 e. The number of nitrogens with zero attached hydrogens (tertiary/aromatic N) is 1. The number of amides is 1. The zero-order chi connectivity index (χ0) is 25.0. The van der Waals surface area contributed by atoms with Crippen molar-refractivity contribution in [2.45, 2.75) is 36.7 Å². The Bertz CT molecular complexity index is 1260. The number of hydrogen-bond acceptors (Lipinski definition) is 7. The minimum atomic E-state index is -3.77. The van der Waals surface area contributed by atoms with Gasteiger partial charge < -0.3 is 10.1 Å². The zero-order valence-corrected chi connectivity index (χ0v) is 20.6. The summed E-state index contributed by atoms with van der Waals surface area (Å²) in [6.45, 7) is 4.85. The van der Waals surface area contributed by atoms with Crippen LogP contribution in [0.1, 0.15) is 29.8 Å². The van der Waals surface area contributed by atoms with Crippen molar-refractivity contribution in [1.82, 2.24) is 9.03 Å². The second-order valence-corrected chi connectivity index (χ2v) is 11.2. The van der Waals surface area contributed by atoms with E-state index in [1.807, 2.05) is 0 Å². The topological polar surface area (TPSA) is 139 Å². The molecule has 2 N–H and O–H groups in total. The zero-order valence-electron chi connectivity index (χ0n) is 18.9. The van der Waals surface area contributed by atoms with Gasteiger partial charge in [0.1, 0.15) is 0 Å². The number of aryl methyl sites for hydroxylation is 1. The van der Waals surface area contributed by atoms with Crippen LogP contribution in [-0.2, 0) is 29.6 Å². The maximum Gasteiger partial charge on any atom is 0.338 e. The number of esters is 1. The summed E-state index contributed by atoms with van der Waals surface area (Å²) in [5, 5.41) is 2.57. The number of carbonyl (C=O) groups excluding carboxylic acids is 2. The number of hydrogen-bond donors (Lipinski definition) is 2. The summed E-state index contributed by atoms with van der Waals surface area (Å²) in [4.78, 5) is 24.9. The van der Waals surface area contributed by atoms with E-state index in [4.69, 9.17) is 4.74 Å². The van der Waals surface area contributed by atoms with Crippen LogP contribution < -0.4 is 10.0 Å². The first-order chi connectivity index (χ1) is 15.3. The number of rotatable bonds is 9. The van der Waals surface area contributed by atoms with Gasteiger partial charge in [-0.2, -0.15) is 0 Å². The SMILES string of the molecule is CCNS(=O)(=O)c1cccc(C(=O)OC(C)C(=O)Nc2cc(S(=O)(=O)N(C)C)ccc2C)c1. The number of nitrogens with one attached hydrogen (secondary N) is 2. The van der Waals surface area contributed by atoms with Crippen molar-refractivity contribution in [3.8, 4) is 0 Å². The molecule has 2 aromatic carbocycles. The van der Waals surface area contributed by atoms with Gasteiger partial charge in [-0.3, -0.25) is 4.79 Å². The summed E-state index contributed by atoms with van der Waals surface area (Å²) >= 11 is 0. The van der Waals surface area contributed by atoms with Gasteiger partial charge in [-0.05, 0) is 49.7 Å². The Kier molecular flexibility index (Phi) is 8.36. The van der Waals surface area contributed by atoms with Gasteiger partial charge in [0.05, 0.1) is 15.4 Å². The van der Waals surface area contributed by atoms with Gasteiger partial charge in [-0.1, -0.05) is 19.1 Å². The van der Waals surface area contributed by atoms with E-state index in [-0.39, 0.29) is 27.6 Å². The molecule has 1 amide bonds. The van der Waals surface area contributed by atoms with Crippen LogP contribution in [0.15, 0.2) is 52.3 Å². The summed E-state index contributed by atoms with van der Waals surface area (Å²) in [6, 6.07) is 9.57. The molecule has 0 fully saturated rings. The highest BCUT2D eigenvalue weighted by atomic mass is 32.2. The molecule has 12 heteroatoms. The van der Waals surface area contributed by atoms with E-state index in [0.717, 1.165) is 10.4 Å². The molecule has 33 heavy (non-hydrogen) atoms. The van der Waals surface area contributed by atoms with E-state index >= 15 is 0 Å². The molecule has 0 radical (unpaired) electrons. The predicted octanol–water partition coefficient (Wildman–Crippen LogP) is 1.73. The molecular formula is C21H27N3O7S2. The van der Waals surface area contributed by atoms with E-state index in [2.05, 4.69) is 10.0 Å². The van der Waals surface area contributed by atoms with E-state index in [9.17, 15) is 26.4 Å². The molecule has 10 nitrogen and oxygen atoms in total. The third kappa shape index (κ3) is 6.38. The van der Waals surface area contributed by atoms with Crippen LogP contribution in [0.5, 0.6) is 0 Å². The number of carbonyl (C=O) groups is 2. The minimum absolute atomic E-state index is 0.00300. The molecule has 0 saturated heterocycles. The molecule has 0 aliphatic carbocycles. The predicted molar refractivity (Wildman–Crippen MR) is 123 cm³/mol. The Morgan fingerprint density at radius 1 is 1.03 bits per heavy atom. The van der Waals surface area contributed by atoms with E-state index in [1.165, 1.54) is 51.4 Å². The van der Waals surface area contributed by atoms with Crippen LogP contribution in [0.2, 0.25) is 0 Å². The fraction of sp³-hybridized carbons (Fsp3) is 0.333. The molecule has 180 valence electrons. The lowest BCUT2D eigenvalue weighted by atomic mass is 10.2. The number of sulfonamides is 2. The van der Waals surface area contributed by atoms with Crippen LogP contribution in [0.25, 0.3) is 0 Å². The lowest BCUT2D eigenvalue weighted by molar-refractivity contribution is -0.123. The second-order valence-electron chi connectivity index (χ2n) is 7.33. The van der Waals surface area contributed by atoms with E-state index in [0.29, 0.717) is 5.56 Å². The lowest BCUT2D eigenvalue weighted by Crippen LogP contribution is -2.30. The Morgan fingerprint density at radius 2 is 1.70 bits per heavy atom. The van der Waals surface area contributed by atoms with Gasteiger partial charge in [0, 0.05) is 26.3 Å². The number of benzene rings is 2. The maximum atomic E-state index is 12.6. The van der Waals surface area contributed by atoms with Crippen LogP contribution in [0.4, 0.5) is 5.69 Å². The molecule has 0 aliphatic rings. The maximum absolute atomic E-state index is 12.6. The van der Waals surface area contributed by atoms with Gasteiger partial charge in [-0.15, -0.1) is 0 Å². The van der Waals surface area contributed by atoms with E-state index in [1.54, 1.807) is 19.9 Å². The monoisotopic (exact) mass is 497 g/mol. The Balaban J connectivity index is 2.17. The third-order valence-electron chi connectivity index (χ3n) is 4.61. The first-order valence-corrected chi connectivity index (χ1v) is 12.9. The molecule has 0 saturated carbocycles. The Labute approximate surface area is 194 Å². The largest absolute Gasteiger partial charge is 0.449 e. The van der Waals surface area contributed by atoms with Crippen LogP contribution in [0.3, 0.4) is 0 Å². The fourth-order valence-electron chi connectivity index (χ4n) is 2.69. The number of anilines is 1. The third-order valence-corrected chi connectivity index (χ3v) is 7.97. The van der Waals surface area contributed by atoms with Crippen LogP contribution in [-0.4, -0.2) is 59.8 Å². The molecule has 1 unspecified atom stereocenters. The summed E-state index contributed by atoms with van der Waals surface area (Å²) in [6.07, 6.45) is -1.24. The van der Waals surface area contributed by atoms with Gasteiger partial charge in [0.2, 0.25) is 20.0 Å². The van der Waals surface area contributed by atoms with Crippen LogP contribution in [0, 0.1) is 6.92 Å². The molecule has 1 atom stereocenters. The van der Waals surface area contributed by atoms with Crippen molar-refractivity contribution >= 4 is 37.6 Å². The first-order valence-electron chi connectivity index (χ1n) is 9.94. The normalized spacial score (nSPS) is 12.9. The molecular weight excluding hydrogens is 470 g/mol. The lowest BCUT2D eigenvalue weighted by Gasteiger charge is -2.17. The van der Waals surface area contributed by atoms with Crippen molar-refractivity contribution in [2.24, 2.45) is 0 Å². The van der Waals surface area contributed by atoms with Crippen molar-refractivity contribution in [3.63, 3.8) is 0 Å². The molecule has 2 aromatic rings. The van der Waals surface area contributed by atoms with Gasteiger partial charge >= 0.3 is 5.97 Å². The van der Waals surface area contributed by atoms with Crippen LogP contribution >= 0.6 is 0 Å². The van der Waals surface area contributed by atoms with E-state index < -0.39 is 38.0 Å². The standard InChI is InChI=1S/C21H27N3O7S2/c1-6-22-32(27,28)17-9-7-8-16(12-17)21(26)31-15(3)20(25)23-19-13-18(11-10-14(19)2)33(29,30)24(4)5/h7-13,15,22H,6H2,1-5H3,(H,23,25). The highest BCUT2D eigenvalue weighted by Gasteiger charge is 2.23. The fourth-order valence-corrected chi connectivity index (χ4v) is 4.70. The molecule has 0 bridgehead atoms. The van der Waals surface area contributed by atoms with Crippen molar-refractivity contribution in [1.29, 1.82) is 0 Å². The molecule has 2 rings (SSSR count). The van der Waals surface area contributed by atoms with Gasteiger partial charge in [0.25, 0.3) is 5.91 Å². The molecule has 0 aliphatic heterocycles. The summed E-state index contributed by atoms with van der Waals surface area (Å²) in [7, 11) is -4.68. The quantitative estimate of drug-likeness (QED) is 0.503. The van der Waals surface area contributed by atoms with Crippen molar-refractivity contribution in [2.75, 3.05) is 26.0 Å². The second kappa shape index (κ2) is 10.4. The van der Waals surface area contributed by atoms with Crippen molar-refractivity contribution in [3.05, 3.63) is 53.6 Å². The highest BCUT2D eigenvalue weighted by molar-refractivity contribution is 7.89. The number of ether oxygens (including phenoxy) is 1. The van der Waals surface area contributed by atoms with Crippen molar-refractivity contribution < 1.29 is 31.2 Å². The molecule has 0 heterocycles. The minimum Gasteiger partial charge on any atom is -0.449 e. The average molecular weight is 498 g/mol. The molecule has 0 spiro atoms. The highest BCUT2D eigenvalue weighted by Crippen LogP contribution is 2.22. The summed E-state index contributed by atoms with van der Waals surface area (Å²) in [5.74, 6) is -1.56. The van der Waals surface area contributed by atoms with Gasteiger partial charge in [-0.25, -0.2) is 30.7 Å². The average Bonchev–Trinajstić information content (AvgIpc) is 2.74.